The van der Waals surface area contributed by atoms with Crippen molar-refractivity contribution in [3.63, 3.8) is 0 Å². The van der Waals surface area contributed by atoms with E-state index in [9.17, 15) is 9.90 Å². The van der Waals surface area contributed by atoms with Crippen LogP contribution in [-0.2, 0) is 9.53 Å². The molecule has 92 valence electrons. The highest BCUT2D eigenvalue weighted by Gasteiger charge is 2.31. The van der Waals surface area contributed by atoms with E-state index in [1.807, 2.05) is 11.8 Å². The van der Waals surface area contributed by atoms with Crippen molar-refractivity contribution in [1.82, 2.24) is 9.80 Å². The molecule has 5 nitrogen and oxygen atoms in total. The van der Waals surface area contributed by atoms with Crippen molar-refractivity contribution < 1.29 is 14.6 Å². The number of aliphatic hydroxyl groups excluding tert-OH is 1. The van der Waals surface area contributed by atoms with Crippen LogP contribution < -0.4 is 0 Å². The van der Waals surface area contributed by atoms with Gasteiger partial charge < -0.3 is 14.7 Å². The van der Waals surface area contributed by atoms with Crippen molar-refractivity contribution in [1.29, 1.82) is 0 Å². The van der Waals surface area contributed by atoms with Gasteiger partial charge in [0.15, 0.2) is 0 Å². The van der Waals surface area contributed by atoms with Crippen LogP contribution in [0.1, 0.15) is 13.3 Å². The summed E-state index contributed by atoms with van der Waals surface area (Å²) in [6.07, 6.45) is 0.515. The highest BCUT2D eigenvalue weighted by atomic mass is 16.5. The standard InChI is InChI=1S/C11H20N2O3/c1-9(13-3-2-10(14)8-13)11(15)12-4-6-16-7-5-12/h9-10,14H,2-8H2,1H3. The molecule has 0 bridgehead atoms. The van der Waals surface area contributed by atoms with E-state index in [1.165, 1.54) is 0 Å². The summed E-state index contributed by atoms with van der Waals surface area (Å²) in [5.41, 5.74) is 0. The summed E-state index contributed by atoms with van der Waals surface area (Å²) in [6.45, 7) is 6.03. The maximum absolute atomic E-state index is 12.1. The van der Waals surface area contributed by atoms with Crippen LogP contribution in [0, 0.1) is 0 Å². The number of morpholine rings is 1. The molecule has 0 saturated carbocycles. The molecule has 0 spiro atoms. The molecule has 0 aromatic carbocycles. The van der Waals surface area contributed by atoms with Gasteiger partial charge >= 0.3 is 0 Å². The van der Waals surface area contributed by atoms with Gasteiger partial charge in [-0.15, -0.1) is 0 Å². The lowest BCUT2D eigenvalue weighted by atomic mass is 10.2. The van der Waals surface area contributed by atoms with Gasteiger partial charge in [-0.2, -0.15) is 0 Å². The van der Waals surface area contributed by atoms with E-state index in [0.29, 0.717) is 32.8 Å². The predicted molar refractivity (Wildman–Crippen MR) is 59.1 cm³/mol. The molecule has 1 N–H and O–H groups in total. The minimum absolute atomic E-state index is 0.116. The monoisotopic (exact) mass is 228 g/mol. The second kappa shape index (κ2) is 5.12. The molecule has 2 unspecified atom stereocenters. The molecular weight excluding hydrogens is 208 g/mol. The molecule has 2 aliphatic rings. The van der Waals surface area contributed by atoms with E-state index in [0.717, 1.165) is 13.0 Å². The number of carbonyl (C=O) groups is 1. The molecule has 0 aromatic rings. The van der Waals surface area contributed by atoms with E-state index in [4.69, 9.17) is 4.74 Å². The summed E-state index contributed by atoms with van der Waals surface area (Å²) in [5, 5.41) is 9.45. The number of hydrogen-bond donors (Lipinski definition) is 1. The van der Waals surface area contributed by atoms with Crippen molar-refractivity contribution in [2.75, 3.05) is 39.4 Å². The third-order valence-corrected chi connectivity index (χ3v) is 3.42. The quantitative estimate of drug-likeness (QED) is 0.679. The van der Waals surface area contributed by atoms with Gasteiger partial charge in [0.05, 0.1) is 25.4 Å². The van der Waals surface area contributed by atoms with Crippen LogP contribution in [0.4, 0.5) is 0 Å². The molecule has 2 aliphatic heterocycles. The lowest BCUT2D eigenvalue weighted by Crippen LogP contribution is -2.50. The fraction of sp³-hybridized carbons (Fsp3) is 0.909. The smallest absolute Gasteiger partial charge is 0.239 e. The first-order chi connectivity index (χ1) is 7.68. The maximum Gasteiger partial charge on any atom is 0.239 e. The van der Waals surface area contributed by atoms with E-state index in [1.54, 1.807) is 0 Å². The van der Waals surface area contributed by atoms with Crippen LogP contribution in [-0.4, -0.2) is 72.4 Å². The van der Waals surface area contributed by atoms with E-state index >= 15 is 0 Å². The number of hydrogen-bond acceptors (Lipinski definition) is 4. The Morgan fingerprint density at radius 3 is 2.62 bits per heavy atom. The number of nitrogens with zero attached hydrogens (tertiary/aromatic N) is 2. The first-order valence-electron chi connectivity index (χ1n) is 5.97. The van der Waals surface area contributed by atoms with Crippen molar-refractivity contribution in [3.05, 3.63) is 0 Å². The highest BCUT2D eigenvalue weighted by Crippen LogP contribution is 2.14. The summed E-state index contributed by atoms with van der Waals surface area (Å²) < 4.78 is 5.22. The first-order valence-corrected chi connectivity index (χ1v) is 5.97. The lowest BCUT2D eigenvalue weighted by molar-refractivity contribution is -0.140. The molecule has 16 heavy (non-hydrogen) atoms. The number of β-amino-alcohol motifs (C(OH)–C–C–N with tert-alkyl or cyclic N) is 1. The van der Waals surface area contributed by atoms with E-state index in [-0.39, 0.29) is 18.1 Å². The van der Waals surface area contributed by atoms with Gasteiger partial charge in [-0.1, -0.05) is 0 Å². The third kappa shape index (κ3) is 2.53. The Kier molecular flexibility index (Phi) is 3.78. The molecule has 2 atom stereocenters. The first kappa shape index (κ1) is 11.8. The fourth-order valence-electron chi connectivity index (χ4n) is 2.32. The SMILES string of the molecule is CC(C(=O)N1CCOCC1)N1CCC(O)C1. The van der Waals surface area contributed by atoms with Crippen LogP contribution in [0.25, 0.3) is 0 Å². The number of amides is 1. The molecule has 0 aliphatic carbocycles. The van der Waals surface area contributed by atoms with Gasteiger partial charge in [0.1, 0.15) is 0 Å². The Bertz CT molecular complexity index is 254. The zero-order valence-electron chi connectivity index (χ0n) is 9.76. The maximum atomic E-state index is 12.1. The Labute approximate surface area is 96.0 Å². The molecule has 1 amide bonds. The van der Waals surface area contributed by atoms with Crippen molar-refractivity contribution in [2.24, 2.45) is 0 Å². The minimum atomic E-state index is -0.264. The van der Waals surface area contributed by atoms with Gasteiger partial charge in [0.2, 0.25) is 5.91 Å². The molecule has 2 heterocycles. The number of rotatable bonds is 2. The number of aliphatic hydroxyl groups is 1. The van der Waals surface area contributed by atoms with Gasteiger partial charge in [0, 0.05) is 26.2 Å². The second-order valence-electron chi connectivity index (χ2n) is 4.55. The summed E-state index contributed by atoms with van der Waals surface area (Å²) in [7, 11) is 0. The molecule has 0 radical (unpaired) electrons. The number of ether oxygens (including phenoxy) is 1. The normalized spacial score (nSPS) is 29.4. The molecule has 0 aromatic heterocycles. The Hall–Kier alpha value is -0.650. The van der Waals surface area contributed by atoms with Crippen LogP contribution in [0.5, 0.6) is 0 Å². The summed E-state index contributed by atoms with van der Waals surface area (Å²) in [5.74, 6) is 0.164. The summed E-state index contributed by atoms with van der Waals surface area (Å²) >= 11 is 0. The average molecular weight is 228 g/mol. The number of carbonyl (C=O) groups excluding carboxylic acids is 1. The number of likely N-dealkylation sites (tertiary alicyclic amines) is 1. The van der Waals surface area contributed by atoms with Gasteiger partial charge in [-0.05, 0) is 13.3 Å². The van der Waals surface area contributed by atoms with Crippen LogP contribution in [0.2, 0.25) is 0 Å². The van der Waals surface area contributed by atoms with Crippen molar-refractivity contribution in [2.45, 2.75) is 25.5 Å². The zero-order valence-corrected chi connectivity index (χ0v) is 9.76. The summed E-state index contributed by atoms with van der Waals surface area (Å²) in [4.78, 5) is 16.1. The van der Waals surface area contributed by atoms with Gasteiger partial charge in [0.25, 0.3) is 0 Å². The molecular formula is C11H20N2O3. The fourth-order valence-corrected chi connectivity index (χ4v) is 2.32. The molecule has 2 saturated heterocycles. The van der Waals surface area contributed by atoms with Crippen LogP contribution in [0.15, 0.2) is 0 Å². The molecule has 2 rings (SSSR count). The summed E-state index contributed by atoms with van der Waals surface area (Å²) in [6, 6.07) is -0.116. The topological polar surface area (TPSA) is 53.0 Å². The van der Waals surface area contributed by atoms with E-state index in [2.05, 4.69) is 4.90 Å². The largest absolute Gasteiger partial charge is 0.392 e. The van der Waals surface area contributed by atoms with Crippen LogP contribution in [0.3, 0.4) is 0 Å². The highest BCUT2D eigenvalue weighted by molar-refractivity contribution is 5.81. The zero-order chi connectivity index (χ0) is 11.5. The van der Waals surface area contributed by atoms with Crippen molar-refractivity contribution >= 4 is 5.91 Å². The van der Waals surface area contributed by atoms with Crippen molar-refractivity contribution in [3.8, 4) is 0 Å². The lowest BCUT2D eigenvalue weighted by Gasteiger charge is -2.32. The minimum Gasteiger partial charge on any atom is -0.392 e. The second-order valence-corrected chi connectivity index (χ2v) is 4.55. The van der Waals surface area contributed by atoms with Crippen LogP contribution >= 0.6 is 0 Å². The Balaban J connectivity index is 1.88. The predicted octanol–water partition coefficient (Wildman–Crippen LogP) is -0.700. The van der Waals surface area contributed by atoms with E-state index < -0.39 is 0 Å². The average Bonchev–Trinajstić information content (AvgIpc) is 2.75. The third-order valence-electron chi connectivity index (χ3n) is 3.42. The van der Waals surface area contributed by atoms with Gasteiger partial charge in [-0.3, -0.25) is 9.69 Å². The Morgan fingerprint density at radius 1 is 1.38 bits per heavy atom. The van der Waals surface area contributed by atoms with Gasteiger partial charge in [-0.25, -0.2) is 0 Å². The molecule has 2 fully saturated rings. The Morgan fingerprint density at radius 2 is 2.06 bits per heavy atom. The molecule has 5 heteroatoms.